The van der Waals surface area contributed by atoms with E-state index in [1.165, 1.54) is 5.56 Å². The summed E-state index contributed by atoms with van der Waals surface area (Å²) in [5.74, 6) is 0. The predicted octanol–water partition coefficient (Wildman–Crippen LogP) is 5.71. The molecule has 0 amide bonds. The van der Waals surface area contributed by atoms with Crippen molar-refractivity contribution < 1.29 is 0 Å². The van der Waals surface area contributed by atoms with Gasteiger partial charge in [0.1, 0.15) is 0 Å². The minimum absolute atomic E-state index is 0.0446. The molecule has 0 radical (unpaired) electrons. The van der Waals surface area contributed by atoms with E-state index < -0.39 is 0 Å². The molecule has 7 heteroatoms. The first-order chi connectivity index (χ1) is 16.0. The van der Waals surface area contributed by atoms with Crippen molar-refractivity contribution in [2.45, 2.75) is 32.5 Å². The third kappa shape index (κ3) is 4.01. The zero-order valence-electron chi connectivity index (χ0n) is 18.4. The van der Waals surface area contributed by atoms with Gasteiger partial charge in [0, 0.05) is 23.8 Å². The van der Waals surface area contributed by atoms with Gasteiger partial charge in [0.25, 0.3) is 0 Å². The first-order valence-corrected chi connectivity index (χ1v) is 11.6. The van der Waals surface area contributed by atoms with Gasteiger partial charge in [0.15, 0.2) is 5.11 Å². The third-order valence-electron chi connectivity index (χ3n) is 6.14. The van der Waals surface area contributed by atoms with Gasteiger partial charge in [-0.25, -0.2) is 0 Å². The number of hydrogen-bond acceptors (Lipinski definition) is 3. The Morgan fingerprint density at radius 1 is 0.970 bits per heavy atom. The fourth-order valence-electron chi connectivity index (χ4n) is 4.67. The van der Waals surface area contributed by atoms with Crippen LogP contribution >= 0.6 is 23.8 Å². The summed E-state index contributed by atoms with van der Waals surface area (Å²) in [7, 11) is 0. The molecule has 166 valence electrons. The van der Waals surface area contributed by atoms with Crippen molar-refractivity contribution in [3.8, 4) is 5.69 Å². The fraction of sp³-hybridized carbons (Fsp3) is 0.192. The molecule has 1 aliphatic rings. The molecule has 5 rings (SSSR count). The third-order valence-corrected chi connectivity index (χ3v) is 6.81. The monoisotopic (exact) mass is 473 g/mol. The Morgan fingerprint density at radius 2 is 1.70 bits per heavy atom. The van der Waals surface area contributed by atoms with Crippen LogP contribution < -0.4 is 5.32 Å². The Labute approximate surface area is 204 Å². The fourth-order valence-corrected chi connectivity index (χ4v) is 5.20. The molecule has 33 heavy (non-hydrogen) atoms. The number of para-hydroxylation sites is 1. The van der Waals surface area contributed by atoms with Crippen molar-refractivity contribution in [3.63, 3.8) is 0 Å². The van der Waals surface area contributed by atoms with Crippen LogP contribution in [0.25, 0.3) is 5.69 Å². The summed E-state index contributed by atoms with van der Waals surface area (Å²) < 4.78 is 2.22. The van der Waals surface area contributed by atoms with Crippen molar-refractivity contribution in [2.24, 2.45) is 0 Å². The molecule has 0 aliphatic carbocycles. The number of nitrogens with one attached hydrogen (secondary N) is 1. The van der Waals surface area contributed by atoms with Gasteiger partial charge in [-0.3, -0.25) is 9.97 Å². The highest BCUT2D eigenvalue weighted by Crippen LogP contribution is 2.42. The summed E-state index contributed by atoms with van der Waals surface area (Å²) in [6.45, 7) is 4.86. The molecule has 0 spiro atoms. The van der Waals surface area contributed by atoms with Gasteiger partial charge in [0.2, 0.25) is 0 Å². The Bertz CT molecular complexity index is 1290. The summed E-state index contributed by atoms with van der Waals surface area (Å²) in [5, 5.41) is 4.95. The number of aryl methyl sites for hydroxylation is 1. The SMILES string of the molecule is Cc1cc([C@@H]2[C@@H](c3ccccn3)NC(=S)N2Cc2ccccn2)c(C)n1-c1ccccc1Cl. The van der Waals surface area contributed by atoms with Crippen LogP contribution in [-0.4, -0.2) is 24.5 Å². The molecule has 1 saturated heterocycles. The van der Waals surface area contributed by atoms with Gasteiger partial charge >= 0.3 is 0 Å². The Hall–Kier alpha value is -3.22. The standard InChI is InChI=1S/C26H24ClN5S/c1-17-15-20(18(2)32(17)23-12-4-3-10-21(23)27)25-24(22-11-6-8-14-29-22)30-26(33)31(25)16-19-9-5-7-13-28-19/h3-15,24-25H,16H2,1-2H3,(H,30,33)/t24-,25-/m1/s1. The van der Waals surface area contributed by atoms with Gasteiger partial charge in [0.05, 0.1) is 40.7 Å². The lowest BCUT2D eigenvalue weighted by molar-refractivity contribution is 0.307. The Balaban J connectivity index is 1.63. The molecular weight excluding hydrogens is 450 g/mol. The van der Waals surface area contributed by atoms with Crippen molar-refractivity contribution in [1.82, 2.24) is 24.8 Å². The van der Waals surface area contributed by atoms with Crippen molar-refractivity contribution >= 4 is 28.9 Å². The van der Waals surface area contributed by atoms with E-state index in [0.717, 1.165) is 33.5 Å². The van der Waals surface area contributed by atoms with E-state index in [1.807, 2.05) is 73.1 Å². The van der Waals surface area contributed by atoms with Gasteiger partial charge in [-0.2, -0.15) is 0 Å². The van der Waals surface area contributed by atoms with Crippen molar-refractivity contribution in [1.29, 1.82) is 0 Å². The second-order valence-corrected chi connectivity index (χ2v) is 8.98. The number of nitrogens with zero attached hydrogens (tertiary/aromatic N) is 4. The molecule has 4 heterocycles. The molecular formula is C26H24ClN5S. The summed E-state index contributed by atoms with van der Waals surface area (Å²) in [5.41, 5.74) is 6.32. The van der Waals surface area contributed by atoms with E-state index in [-0.39, 0.29) is 12.1 Å². The summed E-state index contributed by atoms with van der Waals surface area (Å²) in [6.07, 6.45) is 3.64. The van der Waals surface area contributed by atoms with Crippen molar-refractivity contribution in [2.75, 3.05) is 0 Å². The molecule has 1 fully saturated rings. The van der Waals surface area contributed by atoms with Gasteiger partial charge < -0.3 is 14.8 Å². The molecule has 2 atom stereocenters. The number of halogens is 1. The van der Waals surface area contributed by atoms with Crippen LogP contribution in [0, 0.1) is 13.8 Å². The van der Waals surface area contributed by atoms with Crippen LogP contribution in [0.2, 0.25) is 5.02 Å². The number of aromatic nitrogens is 3. The first kappa shape index (κ1) is 21.6. The summed E-state index contributed by atoms with van der Waals surface area (Å²) >= 11 is 12.4. The molecule has 1 aromatic carbocycles. The second kappa shape index (κ2) is 8.96. The Kier molecular flexibility index (Phi) is 5.87. The van der Waals surface area contributed by atoms with Crippen LogP contribution in [0.5, 0.6) is 0 Å². The predicted molar refractivity (Wildman–Crippen MR) is 135 cm³/mol. The number of hydrogen-bond donors (Lipinski definition) is 1. The minimum atomic E-state index is -0.0809. The van der Waals surface area contributed by atoms with E-state index in [4.69, 9.17) is 23.8 Å². The Morgan fingerprint density at radius 3 is 2.39 bits per heavy atom. The molecule has 1 aliphatic heterocycles. The average Bonchev–Trinajstić information content (AvgIpc) is 3.30. The zero-order valence-corrected chi connectivity index (χ0v) is 20.0. The van der Waals surface area contributed by atoms with E-state index in [1.54, 1.807) is 0 Å². The largest absolute Gasteiger partial charge is 0.352 e. The number of pyridine rings is 2. The highest BCUT2D eigenvalue weighted by molar-refractivity contribution is 7.80. The minimum Gasteiger partial charge on any atom is -0.352 e. The zero-order chi connectivity index (χ0) is 22.9. The highest BCUT2D eigenvalue weighted by Gasteiger charge is 2.41. The maximum Gasteiger partial charge on any atom is 0.170 e. The number of thiocarbonyl (C=S) groups is 1. The van der Waals surface area contributed by atoms with Gasteiger partial charge in [-0.15, -0.1) is 0 Å². The van der Waals surface area contributed by atoms with Crippen LogP contribution in [0.3, 0.4) is 0 Å². The molecule has 0 unspecified atom stereocenters. The second-order valence-electron chi connectivity index (χ2n) is 8.19. The van der Waals surface area contributed by atoms with Crippen LogP contribution in [0.1, 0.15) is 40.4 Å². The molecule has 1 N–H and O–H groups in total. The molecule has 5 nitrogen and oxygen atoms in total. The molecule has 3 aromatic heterocycles. The highest BCUT2D eigenvalue weighted by atomic mass is 35.5. The van der Waals surface area contributed by atoms with E-state index in [0.29, 0.717) is 11.7 Å². The van der Waals surface area contributed by atoms with Crippen LogP contribution in [0.15, 0.2) is 79.1 Å². The summed E-state index contributed by atoms with van der Waals surface area (Å²) in [4.78, 5) is 11.4. The van der Waals surface area contributed by atoms with E-state index in [2.05, 4.69) is 44.7 Å². The van der Waals surface area contributed by atoms with E-state index in [9.17, 15) is 0 Å². The van der Waals surface area contributed by atoms with Crippen molar-refractivity contribution in [3.05, 3.63) is 112 Å². The number of rotatable bonds is 5. The smallest absolute Gasteiger partial charge is 0.170 e. The molecule has 4 aromatic rings. The molecule has 0 saturated carbocycles. The average molecular weight is 474 g/mol. The normalized spacial score (nSPS) is 17.9. The maximum absolute atomic E-state index is 6.57. The number of benzene rings is 1. The topological polar surface area (TPSA) is 46.0 Å². The van der Waals surface area contributed by atoms with Gasteiger partial charge in [-0.05, 0) is 74.1 Å². The van der Waals surface area contributed by atoms with E-state index >= 15 is 0 Å². The van der Waals surface area contributed by atoms with Crippen LogP contribution in [-0.2, 0) is 6.54 Å². The van der Waals surface area contributed by atoms with Crippen LogP contribution in [0.4, 0.5) is 0 Å². The first-order valence-electron chi connectivity index (χ1n) is 10.9. The lowest BCUT2D eigenvalue weighted by Gasteiger charge is -2.28. The lowest BCUT2D eigenvalue weighted by atomic mass is 9.96. The van der Waals surface area contributed by atoms with Gasteiger partial charge in [-0.1, -0.05) is 35.9 Å². The molecule has 0 bridgehead atoms. The maximum atomic E-state index is 6.57. The lowest BCUT2D eigenvalue weighted by Crippen LogP contribution is -2.29. The summed E-state index contributed by atoms with van der Waals surface area (Å²) in [6, 6.07) is 22.0. The quantitative estimate of drug-likeness (QED) is 0.376.